The van der Waals surface area contributed by atoms with Gasteiger partial charge in [-0.15, -0.1) is 0 Å². The fourth-order valence-electron chi connectivity index (χ4n) is 3.05. The van der Waals surface area contributed by atoms with Gasteiger partial charge in [-0.25, -0.2) is 0 Å². The van der Waals surface area contributed by atoms with Crippen LogP contribution >= 0.6 is 0 Å². The summed E-state index contributed by atoms with van der Waals surface area (Å²) in [6.45, 7) is 10.2. The summed E-state index contributed by atoms with van der Waals surface area (Å²) in [6.07, 6.45) is 2.77. The molecule has 0 bridgehead atoms. The van der Waals surface area contributed by atoms with Crippen LogP contribution in [0.15, 0.2) is 24.3 Å². The van der Waals surface area contributed by atoms with Gasteiger partial charge < -0.3 is 5.11 Å². The van der Waals surface area contributed by atoms with E-state index in [1.165, 1.54) is 5.56 Å². The highest BCUT2D eigenvalue weighted by atomic mass is 16.4. The number of hydrogen-bond acceptors (Lipinski definition) is 2. The van der Waals surface area contributed by atoms with Crippen LogP contribution in [0.4, 0.5) is 0 Å². The van der Waals surface area contributed by atoms with Gasteiger partial charge in [0.1, 0.15) is 5.54 Å². The summed E-state index contributed by atoms with van der Waals surface area (Å²) in [7, 11) is 0. The number of carboxylic acids is 1. The minimum atomic E-state index is -0.792. The van der Waals surface area contributed by atoms with Crippen molar-refractivity contribution in [2.45, 2.75) is 57.9 Å². The van der Waals surface area contributed by atoms with Crippen LogP contribution in [-0.2, 0) is 16.6 Å². The number of rotatable bonds is 4. The summed E-state index contributed by atoms with van der Waals surface area (Å²) in [6, 6.07) is 8.42. The van der Waals surface area contributed by atoms with E-state index in [4.69, 9.17) is 0 Å². The smallest absolute Gasteiger partial charge is 0.324 e. The second-order valence-electron chi connectivity index (χ2n) is 7.40. The van der Waals surface area contributed by atoms with Crippen LogP contribution in [0.25, 0.3) is 0 Å². The monoisotopic (exact) mass is 289 g/mol. The van der Waals surface area contributed by atoms with Gasteiger partial charge >= 0.3 is 5.97 Å². The van der Waals surface area contributed by atoms with Crippen LogP contribution in [0, 0.1) is 0 Å². The molecule has 0 aliphatic carbocycles. The second-order valence-corrected chi connectivity index (χ2v) is 7.40. The molecule has 1 aliphatic heterocycles. The molecular formula is C18H27NO2. The Morgan fingerprint density at radius 3 is 2.05 bits per heavy atom. The maximum atomic E-state index is 11.8. The number of nitrogens with zero attached hydrogens (tertiary/aromatic N) is 1. The zero-order valence-corrected chi connectivity index (χ0v) is 13.6. The molecule has 21 heavy (non-hydrogen) atoms. The van der Waals surface area contributed by atoms with Crippen molar-refractivity contribution in [2.24, 2.45) is 0 Å². The summed E-state index contributed by atoms with van der Waals surface area (Å²) in [5, 5.41) is 9.70. The van der Waals surface area contributed by atoms with Gasteiger partial charge in [0.2, 0.25) is 0 Å². The van der Waals surface area contributed by atoms with Gasteiger partial charge in [0.25, 0.3) is 0 Å². The zero-order valence-electron chi connectivity index (χ0n) is 13.6. The molecule has 1 aromatic carbocycles. The first kappa shape index (κ1) is 16.0. The average Bonchev–Trinajstić information content (AvgIpc) is 2.92. The van der Waals surface area contributed by atoms with Gasteiger partial charge in [-0.2, -0.15) is 0 Å². The molecule has 1 fully saturated rings. The highest BCUT2D eigenvalue weighted by Crippen LogP contribution is 2.27. The van der Waals surface area contributed by atoms with Crippen molar-refractivity contribution < 1.29 is 9.90 Å². The highest BCUT2D eigenvalue weighted by Gasteiger charge is 2.40. The first-order chi connectivity index (χ1) is 9.73. The Bertz CT molecular complexity index is 495. The first-order valence-corrected chi connectivity index (χ1v) is 7.81. The molecule has 116 valence electrons. The lowest BCUT2D eigenvalue weighted by molar-refractivity contribution is -0.149. The highest BCUT2D eigenvalue weighted by molar-refractivity contribution is 5.78. The Morgan fingerprint density at radius 2 is 1.62 bits per heavy atom. The first-order valence-electron chi connectivity index (χ1n) is 7.81. The minimum Gasteiger partial charge on any atom is -0.480 e. The van der Waals surface area contributed by atoms with Crippen molar-refractivity contribution in [1.29, 1.82) is 0 Å². The van der Waals surface area contributed by atoms with Crippen LogP contribution < -0.4 is 0 Å². The molecule has 1 saturated heterocycles. The predicted molar refractivity (Wildman–Crippen MR) is 85.7 cm³/mol. The van der Waals surface area contributed by atoms with E-state index in [9.17, 15) is 9.90 Å². The van der Waals surface area contributed by atoms with E-state index in [2.05, 4.69) is 49.9 Å². The molecule has 0 spiro atoms. The van der Waals surface area contributed by atoms with Crippen LogP contribution in [-0.4, -0.2) is 34.6 Å². The number of carbonyl (C=O) groups is 1. The van der Waals surface area contributed by atoms with Gasteiger partial charge in [-0.1, -0.05) is 45.0 Å². The van der Waals surface area contributed by atoms with Crippen LogP contribution in [0.3, 0.4) is 0 Å². The Labute approximate surface area is 128 Å². The van der Waals surface area contributed by atoms with Crippen LogP contribution in [0.1, 0.15) is 51.7 Å². The maximum absolute atomic E-state index is 11.8. The number of aliphatic carboxylic acids is 1. The summed E-state index contributed by atoms with van der Waals surface area (Å²) in [5.74, 6) is -0.718. The fourth-order valence-corrected chi connectivity index (χ4v) is 3.05. The van der Waals surface area contributed by atoms with Crippen molar-refractivity contribution in [3.63, 3.8) is 0 Å². The third-order valence-electron chi connectivity index (χ3n) is 4.63. The van der Waals surface area contributed by atoms with Gasteiger partial charge in [-0.05, 0) is 49.4 Å². The number of carboxylic acid groups (broad SMARTS) is 1. The molecule has 1 heterocycles. The Morgan fingerprint density at radius 1 is 1.10 bits per heavy atom. The van der Waals surface area contributed by atoms with E-state index in [0.29, 0.717) is 6.42 Å². The number of hydrogen-bond donors (Lipinski definition) is 1. The van der Waals surface area contributed by atoms with E-state index in [0.717, 1.165) is 31.5 Å². The maximum Gasteiger partial charge on any atom is 0.324 e. The van der Waals surface area contributed by atoms with Gasteiger partial charge in [0.15, 0.2) is 0 Å². The molecule has 0 saturated carbocycles. The Kier molecular flexibility index (Phi) is 4.43. The van der Waals surface area contributed by atoms with E-state index < -0.39 is 11.5 Å². The van der Waals surface area contributed by atoms with Crippen LogP contribution in [0.2, 0.25) is 0 Å². The van der Waals surface area contributed by atoms with Crippen molar-refractivity contribution in [2.75, 3.05) is 13.1 Å². The molecule has 3 nitrogen and oxygen atoms in total. The number of benzene rings is 1. The van der Waals surface area contributed by atoms with Gasteiger partial charge in [-0.3, -0.25) is 9.69 Å². The molecule has 1 aromatic rings. The predicted octanol–water partition coefficient (Wildman–Crippen LogP) is 3.47. The standard InChI is InChI=1S/C18H27NO2/c1-17(2,3)15-9-7-14(8-10-15)13-18(4,16(20)21)19-11-5-6-12-19/h7-10H,5-6,11-13H2,1-4H3,(H,20,21). The largest absolute Gasteiger partial charge is 0.480 e. The molecule has 1 N–H and O–H groups in total. The molecule has 1 unspecified atom stereocenters. The summed E-state index contributed by atoms with van der Waals surface area (Å²) < 4.78 is 0. The van der Waals surface area contributed by atoms with Crippen molar-refractivity contribution >= 4 is 5.97 Å². The second kappa shape index (κ2) is 5.80. The molecule has 3 heteroatoms. The van der Waals surface area contributed by atoms with E-state index in [1.54, 1.807) is 0 Å². The quantitative estimate of drug-likeness (QED) is 0.922. The number of likely N-dealkylation sites (tertiary alicyclic amines) is 1. The third-order valence-corrected chi connectivity index (χ3v) is 4.63. The van der Waals surface area contributed by atoms with E-state index >= 15 is 0 Å². The van der Waals surface area contributed by atoms with Crippen LogP contribution in [0.5, 0.6) is 0 Å². The molecule has 1 aliphatic rings. The zero-order chi connectivity index (χ0) is 15.7. The third kappa shape index (κ3) is 3.46. The molecule has 1 atom stereocenters. The lowest BCUT2D eigenvalue weighted by Gasteiger charge is -2.35. The van der Waals surface area contributed by atoms with E-state index in [-0.39, 0.29) is 5.41 Å². The lowest BCUT2D eigenvalue weighted by Crippen LogP contribution is -2.52. The van der Waals surface area contributed by atoms with Gasteiger partial charge in [0, 0.05) is 6.42 Å². The topological polar surface area (TPSA) is 40.5 Å². The molecule has 0 amide bonds. The molecular weight excluding hydrogens is 262 g/mol. The summed E-state index contributed by atoms with van der Waals surface area (Å²) >= 11 is 0. The summed E-state index contributed by atoms with van der Waals surface area (Å²) in [5.41, 5.74) is 1.72. The molecule has 0 radical (unpaired) electrons. The van der Waals surface area contributed by atoms with E-state index in [1.807, 2.05) is 6.92 Å². The normalized spacial score (nSPS) is 19.4. The van der Waals surface area contributed by atoms with Crippen molar-refractivity contribution in [3.05, 3.63) is 35.4 Å². The van der Waals surface area contributed by atoms with Crippen molar-refractivity contribution in [1.82, 2.24) is 4.90 Å². The molecule has 0 aromatic heterocycles. The van der Waals surface area contributed by atoms with Crippen molar-refractivity contribution in [3.8, 4) is 0 Å². The van der Waals surface area contributed by atoms with Gasteiger partial charge in [0.05, 0.1) is 0 Å². The lowest BCUT2D eigenvalue weighted by atomic mass is 9.85. The fraction of sp³-hybridized carbons (Fsp3) is 0.611. The summed E-state index contributed by atoms with van der Waals surface area (Å²) in [4.78, 5) is 13.9. The SMILES string of the molecule is CC(C)(C)c1ccc(CC(C)(C(=O)O)N2CCCC2)cc1. The molecule has 2 rings (SSSR count). The Balaban J connectivity index is 2.19. The average molecular weight is 289 g/mol. The minimum absolute atomic E-state index is 0.129. The Hall–Kier alpha value is -1.35.